The van der Waals surface area contributed by atoms with Crippen molar-refractivity contribution in [2.45, 2.75) is 13.3 Å². The molecule has 0 amide bonds. The molecule has 0 unspecified atom stereocenters. The third-order valence-electron chi connectivity index (χ3n) is 2.98. The Labute approximate surface area is 119 Å². The van der Waals surface area contributed by atoms with E-state index in [2.05, 4.69) is 4.74 Å². The van der Waals surface area contributed by atoms with Crippen LogP contribution >= 0.6 is 0 Å². The minimum absolute atomic E-state index is 0.163. The maximum atomic E-state index is 12.4. The molecule has 0 atom stereocenters. The lowest BCUT2D eigenvalue weighted by Crippen LogP contribution is -2.19. The molecule has 3 nitrogen and oxygen atoms in total. The Morgan fingerprint density at radius 2 is 1.67 bits per heavy atom. The molecule has 110 valence electrons. The van der Waals surface area contributed by atoms with Crippen LogP contribution in [0, 0.1) is 6.92 Å². The highest BCUT2D eigenvalue weighted by atomic mass is 19.4. The van der Waals surface area contributed by atoms with Gasteiger partial charge in [0.05, 0.1) is 5.56 Å². The number of para-hydroxylation sites is 1. The van der Waals surface area contributed by atoms with E-state index in [1.54, 1.807) is 19.1 Å². The predicted molar refractivity (Wildman–Crippen MR) is 72.1 cm³/mol. The number of rotatable bonds is 3. The van der Waals surface area contributed by atoms with Gasteiger partial charge in [0.2, 0.25) is 0 Å². The third kappa shape index (κ3) is 3.34. The van der Waals surface area contributed by atoms with Gasteiger partial charge < -0.3 is 10.5 Å². The second-order valence-electron chi connectivity index (χ2n) is 4.39. The molecule has 0 radical (unpaired) electrons. The number of hydrogen-bond acceptors (Lipinski definition) is 3. The number of carbonyl (C=O) groups is 1. The van der Waals surface area contributed by atoms with Crippen LogP contribution in [0.4, 0.5) is 18.9 Å². The van der Waals surface area contributed by atoms with Gasteiger partial charge in [-0.05, 0) is 30.7 Å². The van der Waals surface area contributed by atoms with Crippen molar-refractivity contribution >= 4 is 11.5 Å². The maximum Gasteiger partial charge on any atom is 0.573 e. The highest BCUT2D eigenvalue weighted by Crippen LogP contribution is 2.29. The summed E-state index contributed by atoms with van der Waals surface area (Å²) in [7, 11) is 0. The highest BCUT2D eigenvalue weighted by Gasteiger charge is 2.33. The van der Waals surface area contributed by atoms with E-state index in [-0.39, 0.29) is 11.1 Å². The smallest absolute Gasteiger partial charge is 0.405 e. The first-order valence-corrected chi connectivity index (χ1v) is 6.04. The van der Waals surface area contributed by atoms with Crippen molar-refractivity contribution in [3.63, 3.8) is 0 Å². The Morgan fingerprint density at radius 3 is 2.33 bits per heavy atom. The lowest BCUT2D eigenvalue weighted by molar-refractivity contribution is -0.274. The number of nitrogens with two attached hydrogens (primary N) is 1. The van der Waals surface area contributed by atoms with E-state index >= 15 is 0 Å². The molecule has 0 bridgehead atoms. The van der Waals surface area contributed by atoms with Gasteiger partial charge in [0.1, 0.15) is 5.75 Å². The van der Waals surface area contributed by atoms with Gasteiger partial charge in [0.15, 0.2) is 5.78 Å². The molecule has 0 aromatic heterocycles. The van der Waals surface area contributed by atoms with Crippen LogP contribution in [-0.4, -0.2) is 12.1 Å². The zero-order valence-corrected chi connectivity index (χ0v) is 11.1. The summed E-state index contributed by atoms with van der Waals surface area (Å²) in [6.45, 7) is 1.63. The number of anilines is 1. The summed E-state index contributed by atoms with van der Waals surface area (Å²) < 4.78 is 41.0. The molecule has 21 heavy (non-hydrogen) atoms. The molecule has 2 rings (SSSR count). The largest absolute Gasteiger partial charge is 0.573 e. The molecular formula is C15H12F3NO2. The average Bonchev–Trinajstić information content (AvgIpc) is 2.40. The summed E-state index contributed by atoms with van der Waals surface area (Å²) in [4.78, 5) is 12.4. The Balaban J connectivity index is 2.47. The van der Waals surface area contributed by atoms with Crippen molar-refractivity contribution in [3.8, 4) is 5.75 Å². The van der Waals surface area contributed by atoms with E-state index < -0.39 is 17.9 Å². The molecular weight excluding hydrogens is 283 g/mol. The molecule has 0 saturated heterocycles. The molecule has 2 N–H and O–H groups in total. The highest BCUT2D eigenvalue weighted by molar-refractivity contribution is 6.12. The average molecular weight is 295 g/mol. The number of benzene rings is 2. The zero-order chi connectivity index (χ0) is 15.6. The molecule has 0 heterocycles. The molecule has 0 fully saturated rings. The fourth-order valence-electron chi connectivity index (χ4n) is 1.91. The second-order valence-corrected chi connectivity index (χ2v) is 4.39. The van der Waals surface area contributed by atoms with Gasteiger partial charge in [-0.25, -0.2) is 0 Å². The van der Waals surface area contributed by atoms with Crippen molar-refractivity contribution in [2.75, 3.05) is 5.73 Å². The van der Waals surface area contributed by atoms with Crippen LogP contribution in [-0.2, 0) is 0 Å². The van der Waals surface area contributed by atoms with Crippen LogP contribution in [0.15, 0.2) is 42.5 Å². The van der Waals surface area contributed by atoms with Crippen LogP contribution in [0.1, 0.15) is 21.5 Å². The summed E-state index contributed by atoms with van der Waals surface area (Å²) in [6.07, 6.45) is -4.86. The SMILES string of the molecule is Cc1c(N)cccc1C(=O)c1ccccc1OC(F)(F)F. The van der Waals surface area contributed by atoms with E-state index in [0.717, 1.165) is 6.07 Å². The monoisotopic (exact) mass is 295 g/mol. The molecule has 6 heteroatoms. The lowest BCUT2D eigenvalue weighted by atomic mass is 9.97. The summed E-state index contributed by atoms with van der Waals surface area (Å²) in [5, 5.41) is 0. The van der Waals surface area contributed by atoms with Gasteiger partial charge in [-0.2, -0.15) is 0 Å². The number of ether oxygens (including phenoxy) is 1. The van der Waals surface area contributed by atoms with Crippen molar-refractivity contribution < 1.29 is 22.7 Å². The number of nitrogen functional groups attached to an aromatic ring is 1. The number of ketones is 1. The van der Waals surface area contributed by atoms with Gasteiger partial charge in [0, 0.05) is 11.3 Å². The fourth-order valence-corrected chi connectivity index (χ4v) is 1.91. The summed E-state index contributed by atoms with van der Waals surface area (Å²) in [5.74, 6) is -1.10. The molecule has 0 spiro atoms. The van der Waals surface area contributed by atoms with Crippen molar-refractivity contribution in [1.29, 1.82) is 0 Å². The number of alkyl halides is 3. The summed E-state index contributed by atoms with van der Waals surface area (Å²) >= 11 is 0. The minimum atomic E-state index is -4.86. The number of hydrogen-bond donors (Lipinski definition) is 1. The standard InChI is InChI=1S/C15H12F3NO2/c1-9-10(6-4-7-12(9)19)14(20)11-5-2-3-8-13(11)21-15(16,17)18/h2-8H,19H2,1H3. The molecule has 0 aliphatic rings. The second kappa shape index (κ2) is 5.47. The summed E-state index contributed by atoms with van der Waals surface area (Å²) in [5.41, 5.74) is 6.71. The topological polar surface area (TPSA) is 52.3 Å². The van der Waals surface area contributed by atoms with Gasteiger partial charge in [-0.1, -0.05) is 24.3 Å². The van der Waals surface area contributed by atoms with Gasteiger partial charge in [0.25, 0.3) is 0 Å². The number of carbonyl (C=O) groups excluding carboxylic acids is 1. The van der Waals surface area contributed by atoms with E-state index in [1.807, 2.05) is 0 Å². The van der Waals surface area contributed by atoms with Crippen LogP contribution in [0.3, 0.4) is 0 Å². The first-order chi connectivity index (χ1) is 9.79. The number of halogens is 3. The molecule has 0 aliphatic carbocycles. The van der Waals surface area contributed by atoms with Crippen LogP contribution in [0.25, 0.3) is 0 Å². The Kier molecular flexibility index (Phi) is 3.88. The van der Waals surface area contributed by atoms with E-state index in [1.165, 1.54) is 24.3 Å². The van der Waals surface area contributed by atoms with Gasteiger partial charge in [-0.3, -0.25) is 4.79 Å². The van der Waals surface area contributed by atoms with Crippen LogP contribution < -0.4 is 10.5 Å². The van der Waals surface area contributed by atoms with Crippen LogP contribution in [0.5, 0.6) is 5.75 Å². The third-order valence-corrected chi connectivity index (χ3v) is 2.98. The van der Waals surface area contributed by atoms with E-state index in [0.29, 0.717) is 11.3 Å². The quantitative estimate of drug-likeness (QED) is 0.693. The fraction of sp³-hybridized carbons (Fsp3) is 0.133. The van der Waals surface area contributed by atoms with Crippen LogP contribution in [0.2, 0.25) is 0 Å². The lowest BCUT2D eigenvalue weighted by Gasteiger charge is -2.13. The first-order valence-electron chi connectivity index (χ1n) is 6.04. The molecule has 2 aromatic carbocycles. The molecule has 2 aromatic rings. The first kappa shape index (κ1) is 14.9. The molecule has 0 aliphatic heterocycles. The zero-order valence-electron chi connectivity index (χ0n) is 11.1. The van der Waals surface area contributed by atoms with Gasteiger partial charge in [-0.15, -0.1) is 13.2 Å². The van der Waals surface area contributed by atoms with Crippen molar-refractivity contribution in [3.05, 3.63) is 59.2 Å². The minimum Gasteiger partial charge on any atom is -0.405 e. The predicted octanol–water partition coefficient (Wildman–Crippen LogP) is 3.71. The van der Waals surface area contributed by atoms with E-state index in [9.17, 15) is 18.0 Å². The van der Waals surface area contributed by atoms with Crippen molar-refractivity contribution in [2.24, 2.45) is 0 Å². The van der Waals surface area contributed by atoms with Gasteiger partial charge >= 0.3 is 6.36 Å². The van der Waals surface area contributed by atoms with E-state index in [4.69, 9.17) is 5.73 Å². The maximum absolute atomic E-state index is 12.4. The Morgan fingerprint density at radius 1 is 1.05 bits per heavy atom. The normalized spacial score (nSPS) is 11.2. The Hall–Kier alpha value is -2.50. The molecule has 0 saturated carbocycles. The summed E-state index contributed by atoms with van der Waals surface area (Å²) in [6, 6.07) is 9.92. The Bertz CT molecular complexity index is 681. The van der Waals surface area contributed by atoms with Crippen molar-refractivity contribution in [1.82, 2.24) is 0 Å².